The Hall–Kier alpha value is -1.19. The predicted molar refractivity (Wildman–Crippen MR) is 55.4 cm³/mol. The number of nitrogens with two attached hydrogens (primary N) is 1. The first-order chi connectivity index (χ1) is 6.77. The van der Waals surface area contributed by atoms with Gasteiger partial charge in [0.05, 0.1) is 13.2 Å². The summed E-state index contributed by atoms with van der Waals surface area (Å²) in [5, 5.41) is 0. The molecule has 3 nitrogen and oxygen atoms in total. The molecular weight excluding hydrogens is 178 g/mol. The number of hydrogen-bond donors (Lipinski definition) is 1. The summed E-state index contributed by atoms with van der Waals surface area (Å²) < 4.78 is 4.96. The minimum atomic E-state index is -0.0238. The second kappa shape index (κ2) is 5.52. The Labute approximate surface area is 83.9 Å². The first-order valence-corrected chi connectivity index (χ1v) is 4.59. The van der Waals surface area contributed by atoms with E-state index in [1.54, 1.807) is 13.2 Å². The van der Waals surface area contributed by atoms with Crippen molar-refractivity contribution in [3.63, 3.8) is 0 Å². The zero-order valence-corrected chi connectivity index (χ0v) is 8.32. The van der Waals surface area contributed by atoms with Crippen LogP contribution in [0.15, 0.2) is 24.3 Å². The number of methoxy groups -OCH3 is 1. The normalized spacial score (nSPS) is 10.1. The monoisotopic (exact) mass is 193 g/mol. The Balaban J connectivity index is 2.73. The summed E-state index contributed by atoms with van der Waals surface area (Å²) in [6.07, 6.45) is 0.822. The van der Waals surface area contributed by atoms with Gasteiger partial charge in [0.15, 0.2) is 5.78 Å². The van der Waals surface area contributed by atoms with Crippen molar-refractivity contribution in [3.05, 3.63) is 35.4 Å². The van der Waals surface area contributed by atoms with Gasteiger partial charge in [0, 0.05) is 12.7 Å². The number of ether oxygens (including phenoxy) is 1. The summed E-state index contributed by atoms with van der Waals surface area (Å²) in [6, 6.07) is 7.50. The van der Waals surface area contributed by atoms with E-state index in [1.165, 1.54) is 0 Å². The Bertz CT molecular complexity index is 310. The highest BCUT2D eigenvalue weighted by molar-refractivity contribution is 5.97. The van der Waals surface area contributed by atoms with Crippen molar-refractivity contribution in [2.24, 2.45) is 5.73 Å². The van der Waals surface area contributed by atoms with E-state index in [9.17, 15) is 4.79 Å². The molecule has 0 aliphatic heterocycles. The van der Waals surface area contributed by atoms with Crippen LogP contribution in [-0.2, 0) is 11.2 Å². The first kappa shape index (κ1) is 10.9. The summed E-state index contributed by atoms with van der Waals surface area (Å²) in [7, 11) is 1.66. The van der Waals surface area contributed by atoms with Crippen LogP contribution in [0.3, 0.4) is 0 Å². The van der Waals surface area contributed by atoms with E-state index in [0.29, 0.717) is 12.2 Å². The van der Waals surface area contributed by atoms with Crippen molar-refractivity contribution < 1.29 is 9.53 Å². The van der Waals surface area contributed by atoms with E-state index < -0.39 is 0 Å². The topological polar surface area (TPSA) is 52.3 Å². The average Bonchev–Trinajstić information content (AvgIpc) is 2.25. The maximum absolute atomic E-state index is 11.3. The van der Waals surface area contributed by atoms with E-state index in [2.05, 4.69) is 0 Å². The molecule has 0 aromatic heterocycles. The van der Waals surface area contributed by atoms with Crippen LogP contribution in [-0.4, -0.2) is 26.0 Å². The fourth-order valence-electron chi connectivity index (χ4n) is 1.24. The summed E-state index contributed by atoms with van der Waals surface area (Å²) >= 11 is 0. The lowest BCUT2D eigenvalue weighted by molar-refractivity contribution is 0.100. The smallest absolute Gasteiger partial charge is 0.176 e. The molecule has 1 aromatic rings. The van der Waals surface area contributed by atoms with Crippen LogP contribution in [0.1, 0.15) is 15.9 Å². The van der Waals surface area contributed by atoms with Gasteiger partial charge in [0.1, 0.15) is 0 Å². The number of carbonyl (C=O) groups is 1. The van der Waals surface area contributed by atoms with Crippen LogP contribution in [0.25, 0.3) is 0 Å². The molecule has 0 saturated heterocycles. The third-order valence-corrected chi connectivity index (χ3v) is 2.03. The highest BCUT2D eigenvalue weighted by atomic mass is 16.5. The molecule has 1 aromatic carbocycles. The average molecular weight is 193 g/mol. The third kappa shape index (κ3) is 2.94. The molecule has 14 heavy (non-hydrogen) atoms. The zero-order valence-electron chi connectivity index (χ0n) is 8.32. The van der Waals surface area contributed by atoms with Gasteiger partial charge in [-0.15, -0.1) is 0 Å². The molecule has 0 bridgehead atoms. The number of Topliss-reactive ketones (excluding diaryl/α,β-unsaturated/α-hetero) is 1. The van der Waals surface area contributed by atoms with Crippen molar-refractivity contribution in [2.45, 2.75) is 6.42 Å². The van der Waals surface area contributed by atoms with Crippen LogP contribution in [0.5, 0.6) is 0 Å². The first-order valence-electron chi connectivity index (χ1n) is 4.59. The van der Waals surface area contributed by atoms with Crippen LogP contribution < -0.4 is 5.73 Å². The molecule has 0 radical (unpaired) electrons. The molecule has 0 fully saturated rings. The van der Waals surface area contributed by atoms with Gasteiger partial charge in [-0.25, -0.2) is 0 Å². The largest absolute Gasteiger partial charge is 0.384 e. The Morgan fingerprint density at radius 2 is 2.29 bits per heavy atom. The molecule has 3 heteroatoms. The third-order valence-electron chi connectivity index (χ3n) is 2.03. The van der Waals surface area contributed by atoms with Gasteiger partial charge in [-0.1, -0.05) is 18.2 Å². The summed E-state index contributed by atoms with van der Waals surface area (Å²) in [5.41, 5.74) is 7.06. The highest BCUT2D eigenvalue weighted by Gasteiger charge is 2.03. The van der Waals surface area contributed by atoms with Crippen LogP contribution in [0.4, 0.5) is 0 Å². The molecule has 0 unspecified atom stereocenters. The molecule has 0 aliphatic carbocycles. The number of ketones is 1. The lowest BCUT2D eigenvalue weighted by atomic mass is 10.1. The van der Waals surface area contributed by atoms with Crippen LogP contribution in [0.2, 0.25) is 0 Å². The summed E-state index contributed by atoms with van der Waals surface area (Å²) in [6.45, 7) is 0.730. The lowest BCUT2D eigenvalue weighted by Crippen LogP contribution is -2.13. The predicted octanol–water partition coefficient (Wildman–Crippen LogP) is 1.02. The number of rotatable bonds is 5. The summed E-state index contributed by atoms with van der Waals surface area (Å²) in [4.78, 5) is 11.3. The molecule has 76 valence electrons. The molecule has 1 rings (SSSR count). The Kier molecular flexibility index (Phi) is 4.29. The van der Waals surface area contributed by atoms with E-state index in [0.717, 1.165) is 12.0 Å². The summed E-state index contributed by atoms with van der Waals surface area (Å²) in [5.74, 6) is -0.0238. The van der Waals surface area contributed by atoms with Gasteiger partial charge in [0.2, 0.25) is 0 Å². The molecule has 0 saturated carbocycles. The van der Waals surface area contributed by atoms with Gasteiger partial charge in [0.25, 0.3) is 0 Å². The van der Waals surface area contributed by atoms with E-state index in [1.807, 2.05) is 18.2 Å². The number of carbonyl (C=O) groups excluding carboxylic acids is 1. The maximum Gasteiger partial charge on any atom is 0.176 e. The molecule has 0 heterocycles. The zero-order chi connectivity index (χ0) is 10.4. The SMILES string of the molecule is COCCc1cccc(C(=O)CN)c1. The Morgan fingerprint density at radius 1 is 1.50 bits per heavy atom. The second-order valence-electron chi connectivity index (χ2n) is 3.07. The van der Waals surface area contributed by atoms with Crippen molar-refractivity contribution in [3.8, 4) is 0 Å². The minimum Gasteiger partial charge on any atom is -0.384 e. The Morgan fingerprint density at radius 3 is 2.93 bits per heavy atom. The molecular formula is C11H15NO2. The van der Waals surface area contributed by atoms with Gasteiger partial charge in [-0.05, 0) is 18.1 Å². The number of benzene rings is 1. The van der Waals surface area contributed by atoms with E-state index in [4.69, 9.17) is 10.5 Å². The molecule has 0 amide bonds. The van der Waals surface area contributed by atoms with Crippen molar-refractivity contribution >= 4 is 5.78 Å². The van der Waals surface area contributed by atoms with Crippen molar-refractivity contribution in [2.75, 3.05) is 20.3 Å². The molecule has 2 N–H and O–H groups in total. The maximum atomic E-state index is 11.3. The van der Waals surface area contributed by atoms with E-state index >= 15 is 0 Å². The molecule has 0 atom stereocenters. The minimum absolute atomic E-state index is 0.0238. The molecule has 0 aliphatic rings. The molecule has 0 spiro atoms. The fraction of sp³-hybridized carbons (Fsp3) is 0.364. The van der Waals surface area contributed by atoms with Gasteiger partial charge >= 0.3 is 0 Å². The standard InChI is InChI=1S/C11H15NO2/c1-14-6-5-9-3-2-4-10(7-9)11(13)8-12/h2-4,7H,5-6,8,12H2,1H3. The van der Waals surface area contributed by atoms with E-state index in [-0.39, 0.29) is 12.3 Å². The van der Waals surface area contributed by atoms with Crippen molar-refractivity contribution in [1.29, 1.82) is 0 Å². The quantitative estimate of drug-likeness (QED) is 0.710. The highest BCUT2D eigenvalue weighted by Crippen LogP contribution is 2.06. The van der Waals surface area contributed by atoms with Crippen LogP contribution >= 0.6 is 0 Å². The van der Waals surface area contributed by atoms with Gasteiger partial charge in [-0.2, -0.15) is 0 Å². The van der Waals surface area contributed by atoms with Crippen molar-refractivity contribution in [1.82, 2.24) is 0 Å². The lowest BCUT2D eigenvalue weighted by Gasteiger charge is -2.02. The van der Waals surface area contributed by atoms with Gasteiger partial charge in [-0.3, -0.25) is 4.79 Å². The van der Waals surface area contributed by atoms with Gasteiger partial charge < -0.3 is 10.5 Å². The number of hydrogen-bond acceptors (Lipinski definition) is 3. The van der Waals surface area contributed by atoms with Crippen LogP contribution in [0, 0.1) is 0 Å². The second-order valence-corrected chi connectivity index (χ2v) is 3.07. The fourth-order valence-corrected chi connectivity index (χ4v) is 1.24.